The molecule has 2 aromatic rings. The lowest BCUT2D eigenvalue weighted by Gasteiger charge is -2.21. The number of benzene rings is 2. The Morgan fingerprint density at radius 1 is 0.577 bits per heavy atom. The number of carbonyl (C=O) groups excluding carboxylic acids is 5. The van der Waals surface area contributed by atoms with Crippen LogP contribution in [-0.4, -0.2) is 66.8 Å². The van der Waals surface area contributed by atoms with Gasteiger partial charge in [0, 0.05) is 59.3 Å². The number of hydrogen-bond acceptors (Lipinski definition) is 9. The van der Waals surface area contributed by atoms with Gasteiger partial charge in [-0.05, 0) is 84.0 Å². The van der Waals surface area contributed by atoms with E-state index in [1.165, 1.54) is 72.8 Å². The van der Waals surface area contributed by atoms with Crippen molar-refractivity contribution in [3.05, 3.63) is 128 Å². The molecule has 0 bridgehead atoms. The molecule has 0 radical (unpaired) electrons. The third kappa shape index (κ3) is 8.13. The quantitative estimate of drug-likeness (QED) is 0.300. The molecule has 0 aliphatic heterocycles. The van der Waals surface area contributed by atoms with Crippen molar-refractivity contribution >= 4 is 72.4 Å². The number of hydrogen-bond donors (Lipinski definition) is 4. The van der Waals surface area contributed by atoms with Gasteiger partial charge < -0.3 is 10.6 Å². The van der Waals surface area contributed by atoms with Gasteiger partial charge in [-0.1, -0.05) is 12.2 Å². The lowest BCUT2D eigenvalue weighted by molar-refractivity contribution is -0.118. The van der Waals surface area contributed by atoms with Crippen molar-refractivity contribution < 1.29 is 49.9 Å². The molecule has 0 aromatic heterocycles. The van der Waals surface area contributed by atoms with Crippen LogP contribution in [0.4, 0.5) is 16.2 Å². The van der Waals surface area contributed by atoms with E-state index >= 15 is 0 Å². The molecule has 17 heteroatoms. The molecule has 4 amide bonds. The molecule has 6 rings (SSSR count). The number of nitrogens with zero attached hydrogens (tertiary/aromatic N) is 2. The van der Waals surface area contributed by atoms with Crippen LogP contribution in [0.3, 0.4) is 0 Å². The fraction of sp³-hybridized carbons (Fsp3) is 0.114. The largest absolute Gasteiger partial charge is 0.323 e. The maximum atomic E-state index is 13.0. The summed E-state index contributed by atoms with van der Waals surface area (Å²) in [7, 11) is -9.28. The first kappa shape index (κ1) is 35.8. The number of nitrogens with one attached hydrogen (secondary N) is 2. The average molecular weight is 743 g/mol. The van der Waals surface area contributed by atoms with Crippen molar-refractivity contribution in [1.29, 1.82) is 0 Å². The number of anilines is 2. The first-order chi connectivity index (χ1) is 24.5. The number of amides is 4. The van der Waals surface area contributed by atoms with Gasteiger partial charge >= 0.3 is 6.03 Å². The molecule has 0 unspecified atom stereocenters. The SMILES string of the molecule is O=C1CC=C2C(=CC(S(=O)(=O)O)=CC2=NC(=O)c2ccc(NC(=O)Nc3ccc(C(=O)N=C4C=C(S(=O)(=O)O)C=C5CC(=O)CC=C54)cc3)cc2)C1. The zero-order valence-corrected chi connectivity index (χ0v) is 28.3. The second-order valence-corrected chi connectivity index (χ2v) is 14.6. The smallest absolute Gasteiger partial charge is 0.308 e. The molecule has 4 aliphatic rings. The maximum absolute atomic E-state index is 13.0. The number of Topliss-reactive ketones (excluding diaryl/α,β-unsaturated/α-hetero) is 2. The van der Waals surface area contributed by atoms with Crippen LogP contribution in [0.2, 0.25) is 0 Å². The molecule has 0 atom stereocenters. The molecule has 2 aromatic carbocycles. The zero-order valence-electron chi connectivity index (χ0n) is 26.7. The van der Waals surface area contributed by atoms with Gasteiger partial charge in [0.2, 0.25) is 0 Å². The fourth-order valence-electron chi connectivity index (χ4n) is 5.62. The molecule has 0 heterocycles. The van der Waals surface area contributed by atoms with E-state index in [1.54, 1.807) is 0 Å². The predicted molar refractivity (Wildman–Crippen MR) is 189 cm³/mol. The Labute approximate surface area is 296 Å². The third-order valence-corrected chi connectivity index (χ3v) is 9.76. The number of allylic oxidation sites excluding steroid dienone is 10. The van der Waals surface area contributed by atoms with Crippen LogP contribution in [-0.2, 0) is 29.8 Å². The highest BCUT2D eigenvalue weighted by Gasteiger charge is 2.29. The number of ketones is 2. The second kappa shape index (κ2) is 14.0. The Bertz CT molecular complexity index is 2290. The average Bonchev–Trinajstić information content (AvgIpc) is 3.07. The summed E-state index contributed by atoms with van der Waals surface area (Å²) >= 11 is 0. The fourth-order valence-corrected chi connectivity index (χ4v) is 6.72. The van der Waals surface area contributed by atoms with E-state index in [4.69, 9.17) is 0 Å². The molecule has 0 fully saturated rings. The molecule has 4 N–H and O–H groups in total. The van der Waals surface area contributed by atoms with E-state index in [0.717, 1.165) is 12.2 Å². The van der Waals surface area contributed by atoms with Gasteiger partial charge in [0.1, 0.15) is 11.6 Å². The van der Waals surface area contributed by atoms with Crippen molar-refractivity contribution in [2.45, 2.75) is 25.7 Å². The Morgan fingerprint density at radius 2 is 0.942 bits per heavy atom. The third-order valence-electron chi connectivity index (χ3n) is 8.10. The minimum absolute atomic E-state index is 0.0212. The Kier molecular flexibility index (Phi) is 9.61. The topological polar surface area (TPSA) is 243 Å². The minimum atomic E-state index is -4.64. The van der Waals surface area contributed by atoms with E-state index < -0.39 is 47.9 Å². The van der Waals surface area contributed by atoms with Crippen LogP contribution in [0.1, 0.15) is 46.4 Å². The summed E-state index contributed by atoms with van der Waals surface area (Å²) in [4.78, 5) is 69.5. The van der Waals surface area contributed by atoms with Crippen molar-refractivity contribution in [2.75, 3.05) is 10.6 Å². The molecule has 0 saturated carbocycles. The number of urea groups is 1. The van der Waals surface area contributed by atoms with Gasteiger partial charge in [0.05, 0.1) is 21.2 Å². The van der Waals surface area contributed by atoms with E-state index in [0.29, 0.717) is 33.7 Å². The van der Waals surface area contributed by atoms with Gasteiger partial charge in [0.25, 0.3) is 32.1 Å². The van der Waals surface area contributed by atoms with Crippen molar-refractivity contribution in [3.8, 4) is 0 Å². The molecule has 4 aliphatic carbocycles. The first-order valence-corrected chi connectivity index (χ1v) is 18.2. The van der Waals surface area contributed by atoms with Gasteiger partial charge in [-0.25, -0.2) is 14.8 Å². The molecule has 52 heavy (non-hydrogen) atoms. The Hall–Kier alpha value is -6.01. The van der Waals surface area contributed by atoms with E-state index in [9.17, 15) is 49.9 Å². The minimum Gasteiger partial charge on any atom is -0.308 e. The molecular formula is C35H26N4O11S2. The van der Waals surface area contributed by atoms with Crippen LogP contribution in [0, 0.1) is 0 Å². The van der Waals surface area contributed by atoms with Gasteiger partial charge in [0.15, 0.2) is 0 Å². The van der Waals surface area contributed by atoms with Crippen molar-refractivity contribution in [2.24, 2.45) is 9.98 Å². The molecule has 0 saturated heterocycles. The lowest BCUT2D eigenvalue weighted by atomic mass is 9.86. The van der Waals surface area contributed by atoms with Crippen LogP contribution in [0.15, 0.2) is 127 Å². The van der Waals surface area contributed by atoms with E-state index in [-0.39, 0.29) is 59.8 Å². The summed E-state index contributed by atoms with van der Waals surface area (Å²) in [6.07, 6.45) is 7.54. The maximum Gasteiger partial charge on any atom is 0.323 e. The van der Waals surface area contributed by atoms with Crippen LogP contribution in [0.25, 0.3) is 0 Å². The van der Waals surface area contributed by atoms with Crippen molar-refractivity contribution in [1.82, 2.24) is 0 Å². The summed E-state index contributed by atoms with van der Waals surface area (Å²) in [5.74, 6) is -1.80. The summed E-state index contributed by atoms with van der Waals surface area (Å²) in [5.41, 5.74) is 2.24. The van der Waals surface area contributed by atoms with Crippen LogP contribution < -0.4 is 10.6 Å². The summed E-state index contributed by atoms with van der Waals surface area (Å²) in [6, 6.07) is 10.6. The highest BCUT2D eigenvalue weighted by atomic mass is 32.2. The van der Waals surface area contributed by atoms with Gasteiger partial charge in [-0.2, -0.15) is 16.8 Å². The van der Waals surface area contributed by atoms with Crippen molar-refractivity contribution in [3.63, 3.8) is 0 Å². The molecular weight excluding hydrogens is 717 g/mol. The standard InChI is InChI=1S/C35H26N4O11S2/c40-25-9-11-29-21(13-25)15-27(51(45,46)47)17-31(29)38-33(42)19-1-5-23(6-2-19)36-35(44)37-24-7-3-20(4-8-24)34(43)39-32-18-28(52(48,49)50)16-22-14-26(41)10-12-30(22)32/h1-8,11-12,15-18H,9-10,13-14H2,(H2,36,37,44)(H,45,46,47)(H,48,49,50). The first-order valence-electron chi connectivity index (χ1n) is 15.3. The summed E-state index contributed by atoms with van der Waals surface area (Å²) in [5, 5.41) is 5.18. The molecule has 15 nitrogen and oxygen atoms in total. The molecule has 264 valence electrons. The second-order valence-electron chi connectivity index (χ2n) is 11.8. The van der Waals surface area contributed by atoms with E-state index in [1.807, 2.05) is 0 Å². The van der Waals surface area contributed by atoms with Crippen LogP contribution in [0.5, 0.6) is 0 Å². The summed E-state index contributed by atoms with van der Waals surface area (Å²) < 4.78 is 66.2. The predicted octanol–water partition coefficient (Wildman–Crippen LogP) is 4.50. The van der Waals surface area contributed by atoms with Crippen LogP contribution >= 0.6 is 0 Å². The number of rotatable bonds is 6. The summed E-state index contributed by atoms with van der Waals surface area (Å²) in [6.45, 7) is 0. The number of fused-ring (bicyclic) bond motifs is 2. The Morgan fingerprint density at radius 3 is 1.29 bits per heavy atom. The lowest BCUT2D eigenvalue weighted by Crippen LogP contribution is -2.20. The zero-order chi connectivity index (χ0) is 37.4. The monoisotopic (exact) mass is 742 g/mol. The normalized spacial score (nSPS) is 18.9. The Balaban J connectivity index is 1.10. The highest BCUT2D eigenvalue weighted by molar-refractivity contribution is 7.90. The van der Waals surface area contributed by atoms with Gasteiger partial charge in [-0.3, -0.25) is 28.3 Å². The van der Waals surface area contributed by atoms with E-state index in [2.05, 4.69) is 20.6 Å². The number of carbonyl (C=O) groups is 5. The highest BCUT2D eigenvalue weighted by Crippen LogP contribution is 2.32. The molecule has 0 spiro atoms. The number of aliphatic imine (C=N–C) groups is 2. The van der Waals surface area contributed by atoms with Gasteiger partial charge in [-0.15, -0.1) is 0 Å².